The maximum Gasteiger partial charge on any atom is 0.269 e. The number of benzene rings is 2. The van der Waals surface area contributed by atoms with E-state index < -0.39 is 15.9 Å². The van der Waals surface area contributed by atoms with Crippen LogP contribution in [0.15, 0.2) is 53.4 Å². The van der Waals surface area contributed by atoms with Gasteiger partial charge in [-0.3, -0.25) is 9.59 Å². The van der Waals surface area contributed by atoms with Crippen molar-refractivity contribution in [3.63, 3.8) is 0 Å². The van der Waals surface area contributed by atoms with Crippen LogP contribution in [0.4, 0.5) is 0 Å². The predicted octanol–water partition coefficient (Wildman–Crippen LogP) is 3.19. The highest BCUT2D eigenvalue weighted by Crippen LogP contribution is 2.30. The number of amides is 2. The van der Waals surface area contributed by atoms with Crippen molar-refractivity contribution >= 4 is 21.8 Å². The quantitative estimate of drug-likeness (QED) is 0.774. The summed E-state index contributed by atoms with van der Waals surface area (Å²) in [5.74, 6) is -0.684. The van der Waals surface area contributed by atoms with E-state index in [1.54, 1.807) is 12.1 Å². The number of aryl methyl sites for hydroxylation is 1. The summed E-state index contributed by atoms with van der Waals surface area (Å²) in [6.07, 6.45) is 1.18. The second-order valence-corrected chi connectivity index (χ2v) is 8.75. The fraction of sp³-hybridized carbons (Fsp3) is 0.333. The van der Waals surface area contributed by atoms with Gasteiger partial charge >= 0.3 is 0 Å². The molecule has 0 aromatic heterocycles. The van der Waals surface area contributed by atoms with E-state index in [1.807, 2.05) is 38.1 Å². The van der Waals surface area contributed by atoms with Crippen LogP contribution in [0.1, 0.15) is 53.7 Å². The standard InChI is InChI=1S/C21H24N2O4S/c1-3-18(16-12-10-15(2)11-13-16)22-20(24)9-6-14-23-21(25)17-7-4-5-8-19(17)28(23,26)27/h4-5,7-8,10-13,18H,3,6,9,14H2,1-2H3,(H,22,24). The monoisotopic (exact) mass is 400 g/mol. The van der Waals surface area contributed by atoms with Gasteiger partial charge in [0, 0.05) is 13.0 Å². The number of carbonyl (C=O) groups excluding carboxylic acids is 2. The Balaban J connectivity index is 1.57. The lowest BCUT2D eigenvalue weighted by Crippen LogP contribution is -2.33. The van der Waals surface area contributed by atoms with E-state index in [0.29, 0.717) is 0 Å². The maximum absolute atomic E-state index is 12.5. The second kappa shape index (κ2) is 8.14. The molecule has 1 N–H and O–H groups in total. The largest absolute Gasteiger partial charge is 0.349 e. The van der Waals surface area contributed by atoms with Gasteiger partial charge in [-0.05, 0) is 37.5 Å². The molecule has 6 nitrogen and oxygen atoms in total. The molecule has 148 valence electrons. The van der Waals surface area contributed by atoms with E-state index in [2.05, 4.69) is 5.32 Å². The molecule has 0 saturated heterocycles. The highest BCUT2D eigenvalue weighted by atomic mass is 32.2. The van der Waals surface area contributed by atoms with Gasteiger partial charge in [0.15, 0.2) is 0 Å². The van der Waals surface area contributed by atoms with Gasteiger partial charge in [0.05, 0.1) is 11.6 Å². The third-order valence-corrected chi connectivity index (χ3v) is 6.74. The molecule has 7 heteroatoms. The Morgan fingerprint density at radius 2 is 1.79 bits per heavy atom. The first kappa shape index (κ1) is 20.1. The van der Waals surface area contributed by atoms with Crippen molar-refractivity contribution in [1.29, 1.82) is 0 Å². The summed E-state index contributed by atoms with van der Waals surface area (Å²) >= 11 is 0. The molecule has 1 aliphatic rings. The molecule has 2 amide bonds. The summed E-state index contributed by atoms with van der Waals surface area (Å²) in [5, 5.41) is 2.99. The maximum atomic E-state index is 12.5. The molecule has 28 heavy (non-hydrogen) atoms. The van der Waals surface area contributed by atoms with Crippen LogP contribution in [0.5, 0.6) is 0 Å². The van der Waals surface area contributed by atoms with E-state index in [4.69, 9.17) is 0 Å². The summed E-state index contributed by atoms with van der Waals surface area (Å²) in [7, 11) is -3.82. The number of carbonyl (C=O) groups is 2. The highest BCUT2D eigenvalue weighted by Gasteiger charge is 2.40. The van der Waals surface area contributed by atoms with Crippen molar-refractivity contribution in [3.8, 4) is 0 Å². The molecule has 1 heterocycles. The molecule has 2 aromatic rings. The van der Waals surface area contributed by atoms with Crippen LogP contribution in [0, 0.1) is 6.92 Å². The van der Waals surface area contributed by atoms with Crippen LogP contribution in [0.25, 0.3) is 0 Å². The lowest BCUT2D eigenvalue weighted by molar-refractivity contribution is -0.122. The molecule has 3 rings (SSSR count). The number of hydrogen-bond acceptors (Lipinski definition) is 4. The Morgan fingerprint density at radius 1 is 1.11 bits per heavy atom. The zero-order valence-electron chi connectivity index (χ0n) is 16.0. The van der Waals surface area contributed by atoms with E-state index >= 15 is 0 Å². The number of hydrogen-bond donors (Lipinski definition) is 1. The van der Waals surface area contributed by atoms with Crippen molar-refractivity contribution in [2.75, 3.05) is 6.54 Å². The minimum absolute atomic E-state index is 0.00934. The van der Waals surface area contributed by atoms with Gasteiger partial charge in [0.1, 0.15) is 4.90 Å². The van der Waals surface area contributed by atoms with Gasteiger partial charge in [-0.1, -0.05) is 48.9 Å². The Morgan fingerprint density at radius 3 is 2.43 bits per heavy atom. The third kappa shape index (κ3) is 3.94. The molecule has 1 atom stereocenters. The third-order valence-electron chi connectivity index (χ3n) is 4.90. The Labute approximate surface area is 165 Å². The fourth-order valence-electron chi connectivity index (χ4n) is 3.32. The molecule has 0 fully saturated rings. The van der Waals surface area contributed by atoms with Gasteiger partial charge in [-0.15, -0.1) is 0 Å². The molecule has 0 saturated carbocycles. The average molecular weight is 401 g/mol. The average Bonchev–Trinajstić information content (AvgIpc) is 2.88. The van der Waals surface area contributed by atoms with Crippen LogP contribution in [-0.4, -0.2) is 31.1 Å². The summed E-state index contributed by atoms with van der Waals surface area (Å²) in [4.78, 5) is 24.7. The van der Waals surface area contributed by atoms with Crippen LogP contribution in [-0.2, 0) is 14.8 Å². The van der Waals surface area contributed by atoms with Gasteiger partial charge in [0.2, 0.25) is 5.91 Å². The van der Waals surface area contributed by atoms with E-state index in [-0.39, 0.29) is 41.8 Å². The normalized spacial score (nSPS) is 15.9. The van der Waals surface area contributed by atoms with Crippen LogP contribution < -0.4 is 5.32 Å². The van der Waals surface area contributed by atoms with Crippen molar-refractivity contribution < 1.29 is 18.0 Å². The number of rotatable bonds is 7. The molecule has 0 bridgehead atoms. The molecule has 0 aliphatic carbocycles. The minimum atomic E-state index is -3.82. The van der Waals surface area contributed by atoms with Gasteiger partial charge in [-0.25, -0.2) is 12.7 Å². The SMILES string of the molecule is CCC(NC(=O)CCCN1C(=O)c2ccccc2S1(=O)=O)c1ccc(C)cc1. The lowest BCUT2D eigenvalue weighted by atomic mass is 10.0. The van der Waals surface area contributed by atoms with E-state index in [1.165, 1.54) is 12.1 Å². The number of fused-ring (bicyclic) bond motifs is 1. The first-order chi connectivity index (χ1) is 13.3. The highest BCUT2D eigenvalue weighted by molar-refractivity contribution is 7.90. The smallest absolute Gasteiger partial charge is 0.269 e. The van der Waals surface area contributed by atoms with Crippen LogP contribution in [0.2, 0.25) is 0 Å². The molecular weight excluding hydrogens is 376 g/mol. The Hall–Kier alpha value is -2.67. The van der Waals surface area contributed by atoms with Crippen LogP contribution >= 0.6 is 0 Å². The lowest BCUT2D eigenvalue weighted by Gasteiger charge is -2.19. The van der Waals surface area contributed by atoms with Crippen molar-refractivity contribution in [2.45, 2.75) is 44.0 Å². The molecule has 1 aliphatic heterocycles. The predicted molar refractivity (Wildman–Crippen MR) is 106 cm³/mol. The fourth-order valence-corrected chi connectivity index (χ4v) is 4.93. The zero-order chi connectivity index (χ0) is 20.3. The molecule has 0 spiro atoms. The Kier molecular flexibility index (Phi) is 5.84. The second-order valence-electron chi connectivity index (χ2n) is 6.92. The first-order valence-corrected chi connectivity index (χ1v) is 10.8. The molecule has 1 unspecified atom stereocenters. The van der Waals surface area contributed by atoms with Crippen molar-refractivity contribution in [2.24, 2.45) is 0 Å². The van der Waals surface area contributed by atoms with E-state index in [9.17, 15) is 18.0 Å². The summed E-state index contributed by atoms with van der Waals surface area (Å²) in [6, 6.07) is 14.1. The van der Waals surface area contributed by atoms with E-state index in [0.717, 1.165) is 21.9 Å². The van der Waals surface area contributed by atoms with Crippen LogP contribution in [0.3, 0.4) is 0 Å². The summed E-state index contributed by atoms with van der Waals surface area (Å²) < 4.78 is 25.9. The number of nitrogens with zero attached hydrogens (tertiary/aromatic N) is 1. The molecular formula is C21H24N2O4S. The zero-order valence-corrected chi connectivity index (χ0v) is 16.8. The number of sulfonamides is 1. The van der Waals surface area contributed by atoms with Gasteiger partial charge in [0.25, 0.3) is 15.9 Å². The molecule has 0 radical (unpaired) electrons. The topological polar surface area (TPSA) is 83.6 Å². The summed E-state index contributed by atoms with van der Waals surface area (Å²) in [5.41, 5.74) is 2.38. The van der Waals surface area contributed by atoms with Gasteiger partial charge in [-0.2, -0.15) is 0 Å². The number of nitrogens with one attached hydrogen (secondary N) is 1. The van der Waals surface area contributed by atoms with Crippen molar-refractivity contribution in [1.82, 2.24) is 9.62 Å². The molecule has 2 aromatic carbocycles. The minimum Gasteiger partial charge on any atom is -0.349 e. The Bertz CT molecular complexity index is 984. The van der Waals surface area contributed by atoms with Gasteiger partial charge < -0.3 is 5.32 Å². The van der Waals surface area contributed by atoms with Crippen molar-refractivity contribution in [3.05, 3.63) is 65.2 Å². The first-order valence-electron chi connectivity index (χ1n) is 9.36. The summed E-state index contributed by atoms with van der Waals surface area (Å²) in [6.45, 7) is 4.00.